The van der Waals surface area contributed by atoms with Crippen LogP contribution >= 0.6 is 8.46 Å². The van der Waals surface area contributed by atoms with Gasteiger partial charge in [-0.15, -0.1) is 0 Å². The van der Waals surface area contributed by atoms with Crippen molar-refractivity contribution in [2.24, 2.45) is 0 Å². The molecule has 0 aliphatic heterocycles. The molecule has 0 bridgehead atoms. The van der Waals surface area contributed by atoms with Gasteiger partial charge in [0.2, 0.25) is 11.8 Å². The van der Waals surface area contributed by atoms with Crippen LogP contribution in [0.4, 0.5) is 0 Å². The highest BCUT2D eigenvalue weighted by molar-refractivity contribution is 7.25. The Balaban J connectivity index is 4.31. The molecule has 0 heterocycles. The molecule has 8 heteroatoms. The highest BCUT2D eigenvalue weighted by atomic mass is 31.1. The Labute approximate surface area is 131 Å². The molecule has 0 aliphatic rings. The number of nitrogens with one attached hydrogen (secondary N) is 2. The van der Waals surface area contributed by atoms with Crippen LogP contribution in [0, 0.1) is 0 Å². The van der Waals surface area contributed by atoms with Crippen LogP contribution in [0.15, 0.2) is 24.8 Å². The molecule has 22 heavy (non-hydrogen) atoms. The van der Waals surface area contributed by atoms with Gasteiger partial charge in [-0.1, -0.05) is 13.2 Å². The molecule has 2 amide bonds. The molecule has 122 valence electrons. The molecule has 7 nitrogen and oxygen atoms in total. The Hall–Kier alpha value is -1.85. The lowest BCUT2D eigenvalue weighted by Gasteiger charge is -2.18. The first kappa shape index (κ1) is 20.1. The number of rotatable bonds is 12. The predicted octanol–water partition coefficient (Wildman–Crippen LogP) is 0.617. The minimum absolute atomic E-state index is 0.0480. The highest BCUT2D eigenvalue weighted by Gasteiger charge is 2.13. The van der Waals surface area contributed by atoms with Gasteiger partial charge in [-0.3, -0.25) is 18.9 Å². The molecule has 0 aliphatic carbocycles. The second-order valence-corrected chi connectivity index (χ2v) is 5.08. The smallest absolute Gasteiger partial charge is 0.246 e. The average Bonchev–Trinajstić information content (AvgIpc) is 2.48. The van der Waals surface area contributed by atoms with E-state index in [1.165, 1.54) is 0 Å². The first-order valence-electron chi connectivity index (χ1n) is 6.67. The largest absolute Gasteiger partial charge is 0.374 e. The Morgan fingerprint density at radius 3 is 2.45 bits per heavy atom. The van der Waals surface area contributed by atoms with Gasteiger partial charge < -0.3 is 15.4 Å². The van der Waals surface area contributed by atoms with Crippen molar-refractivity contribution in [2.45, 2.75) is 19.4 Å². The van der Waals surface area contributed by atoms with Crippen molar-refractivity contribution in [1.29, 1.82) is 0 Å². The molecule has 0 aromatic heterocycles. The van der Waals surface area contributed by atoms with Gasteiger partial charge in [0.1, 0.15) is 5.78 Å². The number of carbonyl (C=O) groups is 3. The van der Waals surface area contributed by atoms with Crippen LogP contribution in [0.1, 0.15) is 13.3 Å². The van der Waals surface area contributed by atoms with E-state index in [4.69, 9.17) is 4.74 Å². The second-order valence-electron chi connectivity index (χ2n) is 4.51. The van der Waals surface area contributed by atoms with Crippen LogP contribution in [0.2, 0.25) is 0 Å². The van der Waals surface area contributed by atoms with E-state index in [0.717, 1.165) is 6.08 Å². The molecular weight excluding hydrogens is 307 g/mol. The second kappa shape index (κ2) is 11.8. The number of amides is 2. The van der Waals surface area contributed by atoms with Crippen molar-refractivity contribution in [3.05, 3.63) is 24.8 Å². The third kappa shape index (κ3) is 9.96. The van der Waals surface area contributed by atoms with Gasteiger partial charge in [-0.2, -0.15) is 0 Å². The molecule has 1 unspecified atom stereocenters. The maximum absolute atomic E-state index is 11.4. The van der Waals surface area contributed by atoms with Crippen molar-refractivity contribution in [1.82, 2.24) is 10.6 Å². The van der Waals surface area contributed by atoms with Crippen LogP contribution in [0.25, 0.3) is 0 Å². The van der Waals surface area contributed by atoms with Crippen LogP contribution < -0.4 is 10.6 Å². The first-order valence-corrected chi connectivity index (χ1v) is 7.66. The van der Waals surface area contributed by atoms with E-state index < -0.39 is 6.10 Å². The number of ether oxygens (including phenoxy) is 1. The summed E-state index contributed by atoms with van der Waals surface area (Å²) in [5, 5.41) is 5.17. The quantitative estimate of drug-likeness (QED) is 0.404. The van der Waals surface area contributed by atoms with Crippen molar-refractivity contribution in [3.63, 3.8) is 0 Å². The lowest BCUT2D eigenvalue weighted by Crippen LogP contribution is -2.41. The van der Waals surface area contributed by atoms with Gasteiger partial charge in [0.15, 0.2) is 8.46 Å². The summed E-state index contributed by atoms with van der Waals surface area (Å²) >= 11 is 0. The molecule has 0 rings (SSSR count). The van der Waals surface area contributed by atoms with Crippen molar-refractivity contribution < 1.29 is 23.7 Å². The zero-order valence-electron chi connectivity index (χ0n) is 12.6. The summed E-state index contributed by atoms with van der Waals surface area (Å²) in [5.74, 6) is -0.859. The molecule has 0 saturated heterocycles. The summed E-state index contributed by atoms with van der Waals surface area (Å²) in [7, 11) is -0.221. The summed E-state index contributed by atoms with van der Waals surface area (Å²) in [6, 6.07) is 0. The fourth-order valence-corrected chi connectivity index (χ4v) is 1.63. The monoisotopic (exact) mass is 328 g/mol. The zero-order chi connectivity index (χ0) is 17.0. The number of carbonyl (C=O) groups excluding carboxylic acids is 3. The third-order valence-corrected chi connectivity index (χ3v) is 3.02. The average molecular weight is 328 g/mol. The molecule has 0 radical (unpaired) electrons. The van der Waals surface area contributed by atoms with Gasteiger partial charge in [0.25, 0.3) is 0 Å². The lowest BCUT2D eigenvalue weighted by atomic mass is 10.3. The fourth-order valence-electron chi connectivity index (χ4n) is 1.32. The van der Waals surface area contributed by atoms with E-state index in [-0.39, 0.29) is 58.3 Å². The number of hydrogen-bond donors (Lipinski definition) is 2. The zero-order valence-corrected chi connectivity index (χ0v) is 13.5. The van der Waals surface area contributed by atoms with E-state index in [1.807, 2.05) is 0 Å². The SMILES string of the molecule is C=CC(=O)NCC(CNC(=O)C(=C)C)OCCC(=O)CP=O. The Morgan fingerprint density at radius 2 is 1.91 bits per heavy atom. The van der Waals surface area contributed by atoms with Gasteiger partial charge >= 0.3 is 0 Å². The third-order valence-electron chi connectivity index (χ3n) is 2.54. The fraction of sp³-hybridized carbons (Fsp3) is 0.500. The van der Waals surface area contributed by atoms with E-state index in [2.05, 4.69) is 23.8 Å². The van der Waals surface area contributed by atoms with Crippen LogP contribution in [0.3, 0.4) is 0 Å². The van der Waals surface area contributed by atoms with Crippen LogP contribution in [-0.2, 0) is 23.7 Å². The number of Topliss-reactive ketones (excluding diaryl/α,β-unsaturated/α-hetero) is 1. The van der Waals surface area contributed by atoms with Gasteiger partial charge in [-0.25, -0.2) is 0 Å². The van der Waals surface area contributed by atoms with E-state index in [1.54, 1.807) is 6.92 Å². The molecule has 0 fully saturated rings. The number of ketones is 1. The maximum Gasteiger partial charge on any atom is 0.246 e. The Kier molecular flexibility index (Phi) is 10.8. The summed E-state index contributed by atoms with van der Waals surface area (Å²) < 4.78 is 15.8. The maximum atomic E-state index is 11.4. The highest BCUT2D eigenvalue weighted by Crippen LogP contribution is 1.98. The molecule has 1 atom stereocenters. The summed E-state index contributed by atoms with van der Waals surface area (Å²) in [6.45, 7) is 8.87. The molecule has 0 aromatic carbocycles. The van der Waals surface area contributed by atoms with Gasteiger partial charge in [-0.05, 0) is 13.0 Å². The van der Waals surface area contributed by atoms with Gasteiger partial charge in [0, 0.05) is 25.1 Å². The summed E-state index contributed by atoms with van der Waals surface area (Å²) in [4.78, 5) is 33.8. The molecule has 0 saturated carbocycles. The van der Waals surface area contributed by atoms with E-state index in [0.29, 0.717) is 5.57 Å². The van der Waals surface area contributed by atoms with Crippen molar-refractivity contribution >= 4 is 26.1 Å². The number of hydrogen-bond acceptors (Lipinski definition) is 5. The topological polar surface area (TPSA) is 102 Å². The Morgan fingerprint density at radius 1 is 1.27 bits per heavy atom. The summed E-state index contributed by atoms with van der Waals surface area (Å²) in [6.07, 6.45) is 0.702. The summed E-state index contributed by atoms with van der Waals surface area (Å²) in [5.41, 5.74) is 0.360. The van der Waals surface area contributed by atoms with Crippen molar-refractivity contribution in [2.75, 3.05) is 25.9 Å². The molecule has 0 spiro atoms. The van der Waals surface area contributed by atoms with Gasteiger partial charge in [0.05, 0.1) is 18.9 Å². The minimum Gasteiger partial charge on any atom is -0.374 e. The molecular formula is C14H21N2O5P. The first-order chi connectivity index (χ1) is 10.4. The minimum atomic E-state index is -0.496. The Bertz CT molecular complexity index is 451. The van der Waals surface area contributed by atoms with E-state index >= 15 is 0 Å². The predicted molar refractivity (Wildman–Crippen MR) is 82.9 cm³/mol. The van der Waals surface area contributed by atoms with Crippen molar-refractivity contribution in [3.8, 4) is 0 Å². The lowest BCUT2D eigenvalue weighted by molar-refractivity contribution is -0.120. The van der Waals surface area contributed by atoms with E-state index in [9.17, 15) is 18.9 Å². The van der Waals surface area contributed by atoms with Crippen LogP contribution in [-0.4, -0.2) is 49.6 Å². The van der Waals surface area contributed by atoms with Crippen LogP contribution in [0.5, 0.6) is 0 Å². The molecule has 0 aromatic rings. The molecule has 2 N–H and O–H groups in total. The normalized spacial score (nSPS) is 11.5. The standard InChI is InChI=1S/C14H21N2O5P/c1-4-13(18)15-7-12(8-16-14(19)10(2)3)21-6-5-11(17)9-22-20/h4,12H,1-2,5-9H2,3H3,(H,15,18)(H,16,19).